The molecule has 1 saturated heterocycles. The summed E-state index contributed by atoms with van der Waals surface area (Å²) >= 11 is 12.0. The molecule has 20 heavy (non-hydrogen) atoms. The molecule has 0 aromatic heterocycles. The number of rotatable bonds is 3. The van der Waals surface area contributed by atoms with Crippen LogP contribution in [0.1, 0.15) is 24.9 Å². The van der Waals surface area contributed by atoms with Crippen LogP contribution in [0.2, 0.25) is 10.0 Å². The molecule has 2 atom stereocenters. The van der Waals surface area contributed by atoms with Crippen molar-refractivity contribution in [2.45, 2.75) is 31.4 Å². The van der Waals surface area contributed by atoms with Crippen LogP contribution in [-0.4, -0.2) is 24.4 Å². The molecule has 0 aliphatic carbocycles. The van der Waals surface area contributed by atoms with Crippen LogP contribution in [0.15, 0.2) is 18.2 Å². The Bertz CT molecular complexity index is 525. The van der Waals surface area contributed by atoms with Crippen molar-refractivity contribution < 1.29 is 13.6 Å². The van der Waals surface area contributed by atoms with Gasteiger partial charge in [0, 0.05) is 6.42 Å². The molecule has 0 unspecified atom stereocenters. The summed E-state index contributed by atoms with van der Waals surface area (Å²) in [7, 11) is 0. The first-order chi connectivity index (χ1) is 9.30. The van der Waals surface area contributed by atoms with E-state index < -0.39 is 36.9 Å². The summed E-state index contributed by atoms with van der Waals surface area (Å²) in [6.45, 7) is 1.25. The van der Waals surface area contributed by atoms with Crippen molar-refractivity contribution in [2.75, 3.05) is 6.54 Å². The lowest BCUT2D eigenvalue weighted by Gasteiger charge is -2.19. The molecule has 2 N–H and O–H groups in total. The van der Waals surface area contributed by atoms with E-state index in [1.54, 1.807) is 25.1 Å². The summed E-state index contributed by atoms with van der Waals surface area (Å²) in [5, 5.41) is 5.91. The molecular formula is C13H14Cl2F2N2O. The predicted octanol–water partition coefficient (Wildman–Crippen LogP) is 3.17. The smallest absolute Gasteiger partial charge is 0.262 e. The van der Waals surface area contributed by atoms with E-state index >= 15 is 0 Å². The summed E-state index contributed by atoms with van der Waals surface area (Å²) in [4.78, 5) is 11.9. The van der Waals surface area contributed by atoms with Crippen molar-refractivity contribution in [1.29, 1.82) is 0 Å². The minimum Gasteiger partial charge on any atom is -0.348 e. The Kier molecular flexibility index (Phi) is 4.52. The number of amides is 1. The minimum absolute atomic E-state index is 0.353. The number of carbonyl (C=O) groups is 1. The van der Waals surface area contributed by atoms with Gasteiger partial charge in [0.15, 0.2) is 0 Å². The number of halogens is 4. The van der Waals surface area contributed by atoms with Gasteiger partial charge in [-0.1, -0.05) is 35.3 Å². The number of hydrogen-bond acceptors (Lipinski definition) is 2. The SMILES string of the molecule is C[C@@H](NC(=O)[C@@H]1CC(F)(F)CN1)c1cccc(Cl)c1Cl. The van der Waals surface area contributed by atoms with Gasteiger partial charge in [0.05, 0.1) is 28.7 Å². The standard InChI is InChI=1S/C13H14Cl2F2N2O/c1-7(8-3-2-4-9(14)11(8)15)19-12(20)10-5-13(16,17)6-18-10/h2-4,7,10,18H,5-6H2,1H3,(H,19,20)/t7-,10+/m1/s1. The molecule has 2 rings (SSSR count). The van der Waals surface area contributed by atoms with Gasteiger partial charge in [0.1, 0.15) is 0 Å². The average Bonchev–Trinajstić information content (AvgIpc) is 2.73. The zero-order chi connectivity index (χ0) is 14.9. The monoisotopic (exact) mass is 322 g/mol. The molecule has 1 heterocycles. The minimum atomic E-state index is -2.83. The molecule has 0 spiro atoms. The van der Waals surface area contributed by atoms with E-state index in [2.05, 4.69) is 10.6 Å². The maximum atomic E-state index is 13.1. The molecule has 1 aromatic rings. The Labute approximate surface area is 125 Å². The van der Waals surface area contributed by atoms with Crippen molar-refractivity contribution in [3.63, 3.8) is 0 Å². The van der Waals surface area contributed by atoms with Gasteiger partial charge in [0.25, 0.3) is 5.92 Å². The fourth-order valence-electron chi connectivity index (χ4n) is 2.15. The third-order valence-electron chi connectivity index (χ3n) is 3.23. The summed E-state index contributed by atoms with van der Waals surface area (Å²) in [5.41, 5.74) is 0.650. The molecule has 1 amide bonds. The number of hydrogen-bond donors (Lipinski definition) is 2. The van der Waals surface area contributed by atoms with E-state index in [1.807, 2.05) is 0 Å². The van der Waals surface area contributed by atoms with Crippen LogP contribution in [0.25, 0.3) is 0 Å². The van der Waals surface area contributed by atoms with Crippen molar-refractivity contribution in [3.8, 4) is 0 Å². The van der Waals surface area contributed by atoms with Crippen LogP contribution in [-0.2, 0) is 4.79 Å². The zero-order valence-corrected chi connectivity index (χ0v) is 12.2. The van der Waals surface area contributed by atoms with Crippen LogP contribution in [0.5, 0.6) is 0 Å². The molecule has 0 bridgehead atoms. The first kappa shape index (κ1) is 15.5. The number of carbonyl (C=O) groups excluding carboxylic acids is 1. The van der Waals surface area contributed by atoms with Crippen LogP contribution < -0.4 is 10.6 Å². The van der Waals surface area contributed by atoms with Crippen molar-refractivity contribution in [2.24, 2.45) is 0 Å². The predicted molar refractivity (Wildman–Crippen MR) is 74.4 cm³/mol. The quantitative estimate of drug-likeness (QED) is 0.897. The Morgan fingerprint density at radius 2 is 2.20 bits per heavy atom. The highest BCUT2D eigenvalue weighted by Gasteiger charge is 2.42. The first-order valence-corrected chi connectivity index (χ1v) is 6.91. The van der Waals surface area contributed by atoms with Gasteiger partial charge in [-0.15, -0.1) is 0 Å². The second-order valence-electron chi connectivity index (χ2n) is 4.87. The first-order valence-electron chi connectivity index (χ1n) is 6.16. The van der Waals surface area contributed by atoms with Gasteiger partial charge in [-0.2, -0.15) is 0 Å². The van der Waals surface area contributed by atoms with Crippen LogP contribution >= 0.6 is 23.2 Å². The Morgan fingerprint density at radius 3 is 2.80 bits per heavy atom. The highest BCUT2D eigenvalue weighted by Crippen LogP contribution is 2.30. The van der Waals surface area contributed by atoms with Gasteiger partial charge in [-0.25, -0.2) is 8.78 Å². The third kappa shape index (κ3) is 3.40. The van der Waals surface area contributed by atoms with E-state index in [0.717, 1.165) is 0 Å². The molecule has 1 aromatic carbocycles. The zero-order valence-electron chi connectivity index (χ0n) is 10.7. The summed E-state index contributed by atoms with van der Waals surface area (Å²) < 4.78 is 26.1. The fraction of sp³-hybridized carbons (Fsp3) is 0.462. The lowest BCUT2D eigenvalue weighted by molar-refractivity contribution is -0.124. The molecule has 3 nitrogen and oxygen atoms in total. The highest BCUT2D eigenvalue weighted by molar-refractivity contribution is 6.42. The highest BCUT2D eigenvalue weighted by atomic mass is 35.5. The number of nitrogens with one attached hydrogen (secondary N) is 2. The van der Waals surface area contributed by atoms with Crippen molar-refractivity contribution in [3.05, 3.63) is 33.8 Å². The van der Waals surface area contributed by atoms with Gasteiger partial charge in [-0.3, -0.25) is 10.1 Å². The van der Waals surface area contributed by atoms with E-state index in [4.69, 9.17) is 23.2 Å². The molecule has 0 radical (unpaired) electrons. The molecule has 110 valence electrons. The van der Waals surface area contributed by atoms with Gasteiger partial charge < -0.3 is 5.32 Å². The number of benzene rings is 1. The lowest BCUT2D eigenvalue weighted by atomic mass is 10.1. The van der Waals surface area contributed by atoms with Crippen LogP contribution in [0, 0.1) is 0 Å². The number of alkyl halides is 2. The van der Waals surface area contributed by atoms with Gasteiger partial charge >= 0.3 is 0 Å². The van der Waals surface area contributed by atoms with Gasteiger partial charge in [-0.05, 0) is 18.6 Å². The largest absolute Gasteiger partial charge is 0.348 e. The second kappa shape index (κ2) is 5.84. The Balaban J connectivity index is 2.03. The maximum absolute atomic E-state index is 13.1. The Morgan fingerprint density at radius 1 is 1.50 bits per heavy atom. The molecule has 1 fully saturated rings. The van der Waals surface area contributed by atoms with E-state index in [0.29, 0.717) is 15.6 Å². The van der Waals surface area contributed by atoms with E-state index in [9.17, 15) is 13.6 Å². The van der Waals surface area contributed by atoms with E-state index in [-0.39, 0.29) is 0 Å². The molecule has 7 heteroatoms. The van der Waals surface area contributed by atoms with E-state index in [1.165, 1.54) is 0 Å². The van der Waals surface area contributed by atoms with Crippen LogP contribution in [0.3, 0.4) is 0 Å². The topological polar surface area (TPSA) is 41.1 Å². The molecule has 0 saturated carbocycles. The molecule has 1 aliphatic rings. The van der Waals surface area contributed by atoms with Crippen molar-refractivity contribution in [1.82, 2.24) is 10.6 Å². The normalized spacial score (nSPS) is 22.6. The molecular weight excluding hydrogens is 309 g/mol. The summed E-state index contributed by atoms with van der Waals surface area (Å²) in [6.07, 6.45) is -0.491. The lowest BCUT2D eigenvalue weighted by Crippen LogP contribution is -2.41. The van der Waals surface area contributed by atoms with Crippen LogP contribution in [0.4, 0.5) is 8.78 Å². The van der Waals surface area contributed by atoms with Gasteiger partial charge in [0.2, 0.25) is 5.91 Å². The summed E-state index contributed by atoms with van der Waals surface area (Å²) in [6, 6.07) is 3.79. The van der Waals surface area contributed by atoms with Crippen molar-refractivity contribution >= 4 is 29.1 Å². The maximum Gasteiger partial charge on any atom is 0.262 e. The average molecular weight is 323 g/mol. The Hall–Kier alpha value is -0.910. The molecule has 1 aliphatic heterocycles. The fourth-order valence-corrected chi connectivity index (χ4v) is 2.62. The third-order valence-corrected chi connectivity index (χ3v) is 4.07. The summed E-state index contributed by atoms with van der Waals surface area (Å²) in [5.74, 6) is -3.30. The second-order valence-corrected chi connectivity index (χ2v) is 5.65.